The minimum Gasteiger partial charge on any atom is -0.481 e. The minimum absolute atomic E-state index is 0.0900. The molecule has 84 valence electrons. The summed E-state index contributed by atoms with van der Waals surface area (Å²) in [5, 5.41) is 9.05. The molecular formula is C11H11ClN2O2. The molecule has 5 heteroatoms. The van der Waals surface area contributed by atoms with E-state index in [9.17, 15) is 4.79 Å². The number of carboxylic acids is 1. The summed E-state index contributed by atoms with van der Waals surface area (Å²) in [4.78, 5) is 14.7. The first-order valence-corrected chi connectivity index (χ1v) is 5.31. The second kappa shape index (κ2) is 4.14. The quantitative estimate of drug-likeness (QED) is 0.893. The van der Waals surface area contributed by atoms with Crippen molar-refractivity contribution < 1.29 is 9.90 Å². The number of nitrogens with zero attached hydrogens (tertiary/aromatic N) is 2. The van der Waals surface area contributed by atoms with Gasteiger partial charge in [-0.3, -0.25) is 9.20 Å². The Balaban J connectivity index is 2.48. The summed E-state index contributed by atoms with van der Waals surface area (Å²) in [6, 6.07) is 5.67. The van der Waals surface area contributed by atoms with Gasteiger partial charge in [0.05, 0.1) is 17.6 Å². The lowest BCUT2D eigenvalue weighted by atomic mass is 10.2. The number of aliphatic carboxylic acids is 1. The molecule has 0 saturated heterocycles. The second-order valence-corrected chi connectivity index (χ2v) is 3.94. The summed E-state index contributed by atoms with van der Waals surface area (Å²) in [6.07, 6.45) is 0.537. The van der Waals surface area contributed by atoms with Gasteiger partial charge in [0.25, 0.3) is 0 Å². The Bertz CT molecular complexity index is 548. The fourth-order valence-corrected chi connectivity index (χ4v) is 2.06. The van der Waals surface area contributed by atoms with Crippen molar-refractivity contribution in [3.05, 3.63) is 34.9 Å². The van der Waals surface area contributed by atoms with Crippen LogP contribution in [0.25, 0.3) is 5.52 Å². The molecule has 0 aliphatic carbocycles. The Morgan fingerprint density at radius 3 is 3.00 bits per heavy atom. The molecule has 0 aliphatic rings. The van der Waals surface area contributed by atoms with Gasteiger partial charge in [0, 0.05) is 5.69 Å². The SMILES string of the molecule is Cc1nc(Cl)n2c(CCC(=O)O)cccc12. The molecule has 16 heavy (non-hydrogen) atoms. The molecule has 0 aliphatic heterocycles. The Morgan fingerprint density at radius 2 is 2.31 bits per heavy atom. The zero-order valence-corrected chi connectivity index (χ0v) is 9.53. The number of hydrogen-bond donors (Lipinski definition) is 1. The van der Waals surface area contributed by atoms with Crippen LogP contribution in [0.15, 0.2) is 18.2 Å². The van der Waals surface area contributed by atoms with Gasteiger partial charge in [0.15, 0.2) is 0 Å². The molecule has 0 unspecified atom stereocenters. The highest BCUT2D eigenvalue weighted by Crippen LogP contribution is 2.19. The van der Waals surface area contributed by atoms with Crippen molar-refractivity contribution in [1.29, 1.82) is 0 Å². The maximum atomic E-state index is 10.5. The van der Waals surface area contributed by atoms with E-state index in [-0.39, 0.29) is 6.42 Å². The maximum Gasteiger partial charge on any atom is 0.303 e. The van der Waals surface area contributed by atoms with E-state index in [2.05, 4.69) is 4.98 Å². The lowest BCUT2D eigenvalue weighted by Gasteiger charge is -2.04. The van der Waals surface area contributed by atoms with Gasteiger partial charge in [-0.05, 0) is 37.1 Å². The second-order valence-electron chi connectivity index (χ2n) is 3.60. The molecule has 0 saturated carbocycles. The van der Waals surface area contributed by atoms with Gasteiger partial charge in [0.2, 0.25) is 5.28 Å². The lowest BCUT2D eigenvalue weighted by Crippen LogP contribution is -2.02. The van der Waals surface area contributed by atoms with Crippen molar-refractivity contribution in [3.63, 3.8) is 0 Å². The average Bonchev–Trinajstić information content (AvgIpc) is 2.52. The third-order valence-electron chi connectivity index (χ3n) is 2.48. The molecule has 2 rings (SSSR count). The van der Waals surface area contributed by atoms with Gasteiger partial charge in [0.1, 0.15) is 0 Å². The summed E-state index contributed by atoms with van der Waals surface area (Å²) in [5.74, 6) is -0.815. The van der Waals surface area contributed by atoms with Crippen LogP contribution >= 0.6 is 11.6 Å². The van der Waals surface area contributed by atoms with Crippen LogP contribution in [-0.4, -0.2) is 20.5 Å². The van der Waals surface area contributed by atoms with Crippen molar-refractivity contribution in [2.75, 3.05) is 0 Å². The Hall–Kier alpha value is -1.55. The molecule has 0 aromatic carbocycles. The Labute approximate surface area is 97.5 Å². The molecule has 0 amide bonds. The summed E-state index contributed by atoms with van der Waals surface area (Å²) in [7, 11) is 0. The number of carboxylic acid groups (broad SMARTS) is 1. The number of halogens is 1. The Morgan fingerprint density at radius 1 is 1.56 bits per heavy atom. The average molecular weight is 239 g/mol. The standard InChI is InChI=1S/C11H11ClN2O2/c1-7-9-4-2-3-8(5-6-10(15)16)14(9)11(12)13-7/h2-4H,5-6H2,1H3,(H,15,16). The smallest absolute Gasteiger partial charge is 0.303 e. The van der Waals surface area contributed by atoms with E-state index in [1.165, 1.54) is 0 Å². The molecule has 2 aromatic rings. The highest BCUT2D eigenvalue weighted by Gasteiger charge is 2.10. The van der Waals surface area contributed by atoms with Crippen LogP contribution in [0.2, 0.25) is 5.28 Å². The van der Waals surface area contributed by atoms with E-state index in [1.54, 1.807) is 4.40 Å². The molecule has 2 heterocycles. The van der Waals surface area contributed by atoms with E-state index < -0.39 is 5.97 Å². The molecule has 0 spiro atoms. The van der Waals surface area contributed by atoms with E-state index in [0.717, 1.165) is 16.9 Å². The Kier molecular flexibility index (Phi) is 2.83. The monoisotopic (exact) mass is 238 g/mol. The van der Waals surface area contributed by atoms with E-state index >= 15 is 0 Å². The van der Waals surface area contributed by atoms with Crippen LogP contribution in [0.5, 0.6) is 0 Å². The summed E-state index contributed by atoms with van der Waals surface area (Å²) >= 11 is 6.00. The number of carbonyl (C=O) groups is 1. The molecule has 0 radical (unpaired) electrons. The van der Waals surface area contributed by atoms with Crippen LogP contribution in [0, 0.1) is 6.92 Å². The van der Waals surface area contributed by atoms with Crippen LogP contribution in [-0.2, 0) is 11.2 Å². The van der Waals surface area contributed by atoms with E-state index in [4.69, 9.17) is 16.7 Å². The normalized spacial score (nSPS) is 10.9. The number of fused-ring (bicyclic) bond motifs is 1. The molecule has 4 nitrogen and oxygen atoms in total. The first-order valence-electron chi connectivity index (χ1n) is 4.94. The van der Waals surface area contributed by atoms with Gasteiger partial charge >= 0.3 is 5.97 Å². The first-order chi connectivity index (χ1) is 7.59. The van der Waals surface area contributed by atoms with Gasteiger partial charge in [-0.2, -0.15) is 0 Å². The fourth-order valence-electron chi connectivity index (χ4n) is 1.73. The molecule has 2 aromatic heterocycles. The summed E-state index contributed by atoms with van der Waals surface area (Å²) in [5.41, 5.74) is 2.64. The molecule has 0 atom stereocenters. The van der Waals surface area contributed by atoms with E-state index in [0.29, 0.717) is 11.7 Å². The van der Waals surface area contributed by atoms with Gasteiger partial charge < -0.3 is 5.11 Å². The van der Waals surface area contributed by atoms with Crippen molar-refractivity contribution in [1.82, 2.24) is 9.38 Å². The predicted octanol–water partition coefficient (Wildman–Crippen LogP) is 2.31. The van der Waals surface area contributed by atoms with Gasteiger partial charge in [-0.25, -0.2) is 4.98 Å². The van der Waals surface area contributed by atoms with Crippen molar-refractivity contribution in [3.8, 4) is 0 Å². The number of aryl methyl sites for hydroxylation is 2. The molecule has 1 N–H and O–H groups in total. The first kappa shape index (κ1) is 11.0. The number of pyridine rings is 1. The van der Waals surface area contributed by atoms with Gasteiger partial charge in [-0.15, -0.1) is 0 Å². The lowest BCUT2D eigenvalue weighted by molar-refractivity contribution is -0.136. The fraction of sp³-hybridized carbons (Fsp3) is 0.273. The predicted molar refractivity (Wildman–Crippen MR) is 60.9 cm³/mol. The van der Waals surface area contributed by atoms with Gasteiger partial charge in [-0.1, -0.05) is 6.07 Å². The van der Waals surface area contributed by atoms with E-state index in [1.807, 2.05) is 25.1 Å². The van der Waals surface area contributed by atoms with Crippen molar-refractivity contribution in [2.45, 2.75) is 19.8 Å². The largest absolute Gasteiger partial charge is 0.481 e. The molecule has 0 bridgehead atoms. The number of imidazole rings is 1. The van der Waals surface area contributed by atoms with Crippen LogP contribution in [0.3, 0.4) is 0 Å². The zero-order valence-electron chi connectivity index (χ0n) is 8.77. The number of hydrogen-bond acceptors (Lipinski definition) is 2. The third kappa shape index (κ3) is 1.88. The highest BCUT2D eigenvalue weighted by atomic mass is 35.5. The van der Waals surface area contributed by atoms with Crippen LogP contribution < -0.4 is 0 Å². The third-order valence-corrected chi connectivity index (χ3v) is 2.73. The number of rotatable bonds is 3. The highest BCUT2D eigenvalue weighted by molar-refractivity contribution is 6.28. The van der Waals surface area contributed by atoms with Crippen LogP contribution in [0.4, 0.5) is 0 Å². The summed E-state index contributed by atoms with van der Waals surface area (Å²) in [6.45, 7) is 1.88. The topological polar surface area (TPSA) is 54.6 Å². The number of aromatic nitrogens is 2. The van der Waals surface area contributed by atoms with Crippen molar-refractivity contribution >= 4 is 23.1 Å². The van der Waals surface area contributed by atoms with Crippen molar-refractivity contribution in [2.24, 2.45) is 0 Å². The molecular weight excluding hydrogens is 228 g/mol. The molecule has 0 fully saturated rings. The summed E-state index contributed by atoms with van der Waals surface area (Å²) < 4.78 is 1.79. The maximum absolute atomic E-state index is 10.5. The zero-order chi connectivity index (χ0) is 11.7. The minimum atomic E-state index is -0.815. The van der Waals surface area contributed by atoms with Crippen LogP contribution in [0.1, 0.15) is 17.8 Å².